The number of hydrogen-bond donors (Lipinski definition) is 1. The molecule has 0 amide bonds. The van der Waals surface area contributed by atoms with E-state index in [0.29, 0.717) is 9.87 Å². The van der Waals surface area contributed by atoms with Gasteiger partial charge in [0, 0.05) is 16.6 Å². The summed E-state index contributed by atoms with van der Waals surface area (Å²) in [4.78, 5) is 0.531. The van der Waals surface area contributed by atoms with Crippen molar-refractivity contribution in [2.24, 2.45) is 0 Å². The fourth-order valence-corrected chi connectivity index (χ4v) is 0.919. The first kappa shape index (κ1) is 9.32. The van der Waals surface area contributed by atoms with Crippen LogP contribution in [0.15, 0.2) is 17.2 Å². The molecule has 0 N–H and O–H groups in total. The van der Waals surface area contributed by atoms with Crippen LogP contribution in [0, 0.1) is 5.21 Å². The van der Waals surface area contributed by atoms with Gasteiger partial charge in [0.25, 0.3) is 5.03 Å². The third-order valence-electron chi connectivity index (χ3n) is 1.55. The molecule has 0 saturated carbocycles. The molecule has 4 heteroatoms. The van der Waals surface area contributed by atoms with Crippen molar-refractivity contribution in [3.05, 3.63) is 23.0 Å². The first-order valence-corrected chi connectivity index (χ1v) is 4.16. The molecule has 0 atom stereocenters. The monoisotopic (exact) mass is 184 g/mol. The van der Waals surface area contributed by atoms with E-state index in [1.54, 1.807) is 6.07 Å². The quantitative estimate of drug-likeness (QED) is 0.375. The Balaban J connectivity index is 3.14. The van der Waals surface area contributed by atoms with Gasteiger partial charge >= 0.3 is 0 Å². The average molecular weight is 184 g/mol. The van der Waals surface area contributed by atoms with Crippen LogP contribution in [-0.4, -0.2) is 5.10 Å². The molecule has 0 aliphatic rings. The standard InChI is InChI=1S/C8H12N2OS/c1-8(2,3)6-4-5-7(12)10(11)9-6/h4-5,12H,1-3H3. The third-order valence-corrected chi connectivity index (χ3v) is 1.87. The Morgan fingerprint density at radius 2 is 2.00 bits per heavy atom. The van der Waals surface area contributed by atoms with Gasteiger partial charge in [-0.05, 0) is 10.9 Å². The van der Waals surface area contributed by atoms with E-state index in [1.807, 2.05) is 26.8 Å². The van der Waals surface area contributed by atoms with Crippen LogP contribution in [0.5, 0.6) is 0 Å². The Hall–Kier alpha value is -0.770. The summed E-state index contributed by atoms with van der Waals surface area (Å²) in [5.41, 5.74) is 0.684. The molecule has 1 heterocycles. The van der Waals surface area contributed by atoms with Crippen molar-refractivity contribution in [2.75, 3.05) is 0 Å². The molecule has 0 saturated heterocycles. The maximum Gasteiger partial charge on any atom is 0.275 e. The molecule has 0 aromatic carbocycles. The van der Waals surface area contributed by atoms with Gasteiger partial charge in [0.05, 0.1) is 0 Å². The Kier molecular flexibility index (Phi) is 2.28. The fraction of sp³-hybridized carbons (Fsp3) is 0.500. The molecule has 0 aliphatic heterocycles. The largest absolute Gasteiger partial charge is 0.593 e. The molecule has 0 radical (unpaired) electrons. The van der Waals surface area contributed by atoms with Crippen LogP contribution in [0.4, 0.5) is 0 Å². The van der Waals surface area contributed by atoms with Gasteiger partial charge in [-0.15, -0.1) is 0 Å². The molecular formula is C8H12N2OS. The summed E-state index contributed by atoms with van der Waals surface area (Å²) >= 11 is 3.93. The lowest BCUT2D eigenvalue weighted by Crippen LogP contribution is -2.36. The second-order valence-corrected chi connectivity index (χ2v) is 4.16. The number of aromatic nitrogens is 2. The number of nitrogens with zero attached hydrogens (tertiary/aromatic N) is 2. The van der Waals surface area contributed by atoms with E-state index in [4.69, 9.17) is 0 Å². The van der Waals surface area contributed by atoms with E-state index in [0.717, 1.165) is 5.69 Å². The summed E-state index contributed by atoms with van der Waals surface area (Å²) < 4.78 is 0. The maximum atomic E-state index is 11.0. The van der Waals surface area contributed by atoms with Gasteiger partial charge in [-0.25, -0.2) is 0 Å². The molecule has 0 unspecified atom stereocenters. The van der Waals surface area contributed by atoms with Crippen molar-refractivity contribution in [3.8, 4) is 0 Å². The molecule has 66 valence electrons. The lowest BCUT2D eigenvalue weighted by Gasteiger charge is -2.15. The lowest BCUT2D eigenvalue weighted by molar-refractivity contribution is -0.707. The van der Waals surface area contributed by atoms with Crippen molar-refractivity contribution in [3.63, 3.8) is 0 Å². The molecule has 1 rings (SSSR count). The second kappa shape index (κ2) is 2.94. The van der Waals surface area contributed by atoms with Crippen molar-refractivity contribution in [2.45, 2.75) is 31.2 Å². The van der Waals surface area contributed by atoms with Gasteiger partial charge in [-0.1, -0.05) is 33.4 Å². The number of rotatable bonds is 0. The highest BCUT2D eigenvalue weighted by atomic mass is 32.1. The molecule has 1 aromatic heterocycles. The van der Waals surface area contributed by atoms with Gasteiger partial charge in [-0.2, -0.15) is 0 Å². The molecule has 1 aromatic rings. The van der Waals surface area contributed by atoms with E-state index in [1.165, 1.54) is 0 Å². The zero-order valence-electron chi connectivity index (χ0n) is 7.40. The van der Waals surface area contributed by atoms with E-state index >= 15 is 0 Å². The van der Waals surface area contributed by atoms with Crippen molar-refractivity contribution in [1.29, 1.82) is 0 Å². The smallest absolute Gasteiger partial charge is 0.275 e. The molecule has 0 spiro atoms. The predicted octanol–water partition coefficient (Wildman–Crippen LogP) is 1.30. The van der Waals surface area contributed by atoms with Crippen LogP contribution in [0.25, 0.3) is 0 Å². The van der Waals surface area contributed by atoms with E-state index in [-0.39, 0.29) is 5.41 Å². The molecule has 3 nitrogen and oxygen atoms in total. The highest BCUT2D eigenvalue weighted by molar-refractivity contribution is 7.80. The first-order chi connectivity index (χ1) is 5.41. The van der Waals surface area contributed by atoms with Gasteiger partial charge in [0.2, 0.25) is 0 Å². The maximum absolute atomic E-state index is 11.0. The minimum absolute atomic E-state index is 0.0896. The molecule has 0 fully saturated rings. The van der Waals surface area contributed by atoms with Gasteiger partial charge in [-0.3, -0.25) is 0 Å². The average Bonchev–Trinajstić information content (AvgIpc) is 1.92. The van der Waals surface area contributed by atoms with Crippen LogP contribution >= 0.6 is 12.6 Å². The highest BCUT2D eigenvalue weighted by Gasteiger charge is 2.18. The Morgan fingerprint density at radius 3 is 2.42 bits per heavy atom. The summed E-state index contributed by atoms with van der Waals surface area (Å²) in [6, 6.07) is 3.47. The first-order valence-electron chi connectivity index (χ1n) is 3.71. The number of hydrogen-bond acceptors (Lipinski definition) is 3. The minimum Gasteiger partial charge on any atom is -0.593 e. The Bertz CT molecular complexity index is 294. The van der Waals surface area contributed by atoms with E-state index in [2.05, 4.69) is 17.7 Å². The SMILES string of the molecule is CC(C)(C)c1ccc(S)[n+]([O-])n1. The van der Waals surface area contributed by atoms with Crippen LogP contribution in [0.1, 0.15) is 26.5 Å². The molecular weight excluding hydrogens is 172 g/mol. The second-order valence-electron chi connectivity index (χ2n) is 3.70. The predicted molar refractivity (Wildman–Crippen MR) is 49.1 cm³/mol. The van der Waals surface area contributed by atoms with E-state index in [9.17, 15) is 5.21 Å². The van der Waals surface area contributed by atoms with E-state index < -0.39 is 0 Å². The summed E-state index contributed by atoms with van der Waals surface area (Å²) in [6.07, 6.45) is 0. The normalized spacial score (nSPS) is 11.7. The van der Waals surface area contributed by atoms with Gasteiger partial charge in [0.15, 0.2) is 0 Å². The van der Waals surface area contributed by atoms with Crippen molar-refractivity contribution < 1.29 is 4.85 Å². The number of thiol groups is 1. The van der Waals surface area contributed by atoms with Crippen LogP contribution in [0.2, 0.25) is 0 Å². The van der Waals surface area contributed by atoms with Crippen molar-refractivity contribution in [1.82, 2.24) is 5.10 Å². The fourth-order valence-electron chi connectivity index (χ4n) is 0.800. The minimum atomic E-state index is -0.0896. The summed E-state index contributed by atoms with van der Waals surface area (Å²) in [7, 11) is 0. The summed E-state index contributed by atoms with van der Waals surface area (Å²) in [6.45, 7) is 6.02. The Morgan fingerprint density at radius 1 is 1.42 bits per heavy atom. The van der Waals surface area contributed by atoms with Crippen LogP contribution in [0.3, 0.4) is 0 Å². The Labute approximate surface area is 77.4 Å². The summed E-state index contributed by atoms with van der Waals surface area (Å²) in [5.74, 6) is 0. The molecule has 0 aliphatic carbocycles. The van der Waals surface area contributed by atoms with Gasteiger partial charge in [0.1, 0.15) is 5.69 Å². The molecule has 0 bridgehead atoms. The van der Waals surface area contributed by atoms with Gasteiger partial charge < -0.3 is 5.21 Å². The molecule has 12 heavy (non-hydrogen) atoms. The van der Waals surface area contributed by atoms with Crippen LogP contribution < -0.4 is 4.85 Å². The summed E-state index contributed by atoms with van der Waals surface area (Å²) in [5, 5.41) is 15.2. The van der Waals surface area contributed by atoms with Crippen molar-refractivity contribution >= 4 is 12.6 Å². The lowest BCUT2D eigenvalue weighted by atomic mass is 9.92. The highest BCUT2D eigenvalue weighted by Crippen LogP contribution is 2.18. The third kappa shape index (κ3) is 1.88. The zero-order chi connectivity index (χ0) is 9.35. The van der Waals surface area contributed by atoms with Crippen LogP contribution in [-0.2, 0) is 5.41 Å². The zero-order valence-corrected chi connectivity index (χ0v) is 8.30. The topological polar surface area (TPSA) is 39.8 Å².